The molecule has 0 heterocycles. The van der Waals surface area contributed by atoms with Gasteiger partial charge in [0.2, 0.25) is 5.91 Å². The Hall–Kier alpha value is -2.08. The van der Waals surface area contributed by atoms with Crippen molar-refractivity contribution >= 4 is 17.6 Å². The molecule has 0 fully saturated rings. The first kappa shape index (κ1) is 19.0. The average Bonchev–Trinajstić information content (AvgIpc) is 2.54. The van der Waals surface area contributed by atoms with Gasteiger partial charge < -0.3 is 20.7 Å². The molecule has 3 N–H and O–H groups in total. The largest absolute Gasteiger partial charge is 0.383 e. The van der Waals surface area contributed by atoms with Gasteiger partial charge in [-0.05, 0) is 31.0 Å². The van der Waals surface area contributed by atoms with Gasteiger partial charge in [-0.3, -0.25) is 4.79 Å². The molecule has 0 spiro atoms. The van der Waals surface area contributed by atoms with Crippen LogP contribution < -0.4 is 16.0 Å². The maximum atomic E-state index is 11.5. The van der Waals surface area contributed by atoms with Crippen LogP contribution in [-0.4, -0.2) is 38.7 Å². The summed E-state index contributed by atoms with van der Waals surface area (Å²) in [5.74, 6) is 0.819. The number of aliphatic imine (C=N–C) groups is 1. The fourth-order valence-corrected chi connectivity index (χ4v) is 1.93. The summed E-state index contributed by atoms with van der Waals surface area (Å²) in [5, 5.41) is 9.27. The van der Waals surface area contributed by atoms with Gasteiger partial charge in [0.1, 0.15) is 0 Å². The Balaban J connectivity index is 2.54. The molecule has 0 bridgehead atoms. The van der Waals surface area contributed by atoms with Crippen molar-refractivity contribution in [3.8, 4) is 0 Å². The van der Waals surface area contributed by atoms with Gasteiger partial charge in [0, 0.05) is 32.3 Å². The number of nitrogens with one attached hydrogen (secondary N) is 3. The lowest BCUT2D eigenvalue weighted by molar-refractivity contribution is -0.116. The summed E-state index contributed by atoms with van der Waals surface area (Å²) in [4.78, 5) is 16.1. The molecule has 23 heavy (non-hydrogen) atoms. The molecule has 0 aliphatic carbocycles. The maximum Gasteiger partial charge on any atom is 0.224 e. The molecule has 6 nitrogen and oxygen atoms in total. The van der Waals surface area contributed by atoms with Crippen LogP contribution in [0.1, 0.15) is 32.3 Å². The van der Waals surface area contributed by atoms with E-state index in [1.54, 1.807) is 7.11 Å². The van der Waals surface area contributed by atoms with Gasteiger partial charge in [-0.1, -0.05) is 19.1 Å². The van der Waals surface area contributed by atoms with E-state index in [4.69, 9.17) is 4.74 Å². The van der Waals surface area contributed by atoms with E-state index in [1.807, 2.05) is 38.1 Å². The fourth-order valence-electron chi connectivity index (χ4n) is 1.93. The van der Waals surface area contributed by atoms with E-state index in [0.29, 0.717) is 26.1 Å². The van der Waals surface area contributed by atoms with Crippen molar-refractivity contribution in [2.24, 2.45) is 4.99 Å². The molecule has 128 valence electrons. The standard InChI is InChI=1S/C17H28N4O2/c1-4-6-16(22)21-15-9-7-14(8-10-15)13-20-17(18-5-2)19-11-12-23-3/h7-10H,4-6,11-13H2,1-3H3,(H,21,22)(H2,18,19,20). The summed E-state index contributed by atoms with van der Waals surface area (Å²) in [6.45, 7) is 6.75. The van der Waals surface area contributed by atoms with Crippen molar-refractivity contribution in [2.45, 2.75) is 33.2 Å². The number of ether oxygens (including phenoxy) is 1. The maximum absolute atomic E-state index is 11.5. The smallest absolute Gasteiger partial charge is 0.224 e. The predicted molar refractivity (Wildman–Crippen MR) is 94.7 cm³/mol. The number of methoxy groups -OCH3 is 1. The second-order valence-electron chi connectivity index (χ2n) is 5.11. The highest BCUT2D eigenvalue weighted by molar-refractivity contribution is 5.90. The number of hydrogen-bond donors (Lipinski definition) is 3. The van der Waals surface area contributed by atoms with E-state index in [1.165, 1.54) is 0 Å². The molecule has 0 saturated carbocycles. The Morgan fingerprint density at radius 1 is 1.17 bits per heavy atom. The molecule has 6 heteroatoms. The number of carbonyl (C=O) groups is 1. The third kappa shape index (κ3) is 8.21. The zero-order valence-corrected chi connectivity index (χ0v) is 14.3. The molecule has 1 rings (SSSR count). The van der Waals surface area contributed by atoms with Crippen LogP contribution >= 0.6 is 0 Å². The molecule has 0 aromatic heterocycles. The summed E-state index contributed by atoms with van der Waals surface area (Å²) < 4.78 is 5.02. The van der Waals surface area contributed by atoms with Gasteiger partial charge in [-0.25, -0.2) is 4.99 Å². The van der Waals surface area contributed by atoms with E-state index in [2.05, 4.69) is 20.9 Å². The molecule has 0 radical (unpaired) electrons. The van der Waals surface area contributed by atoms with Crippen molar-refractivity contribution in [3.05, 3.63) is 29.8 Å². The lowest BCUT2D eigenvalue weighted by Gasteiger charge is -2.11. The number of rotatable bonds is 9. The minimum Gasteiger partial charge on any atom is -0.383 e. The first-order valence-corrected chi connectivity index (χ1v) is 8.09. The molecular weight excluding hydrogens is 292 g/mol. The highest BCUT2D eigenvalue weighted by Crippen LogP contribution is 2.11. The lowest BCUT2D eigenvalue weighted by Crippen LogP contribution is -2.38. The number of nitrogens with zero attached hydrogens (tertiary/aromatic N) is 1. The predicted octanol–water partition coefficient (Wildman–Crippen LogP) is 2.13. The third-order valence-corrected chi connectivity index (χ3v) is 3.08. The van der Waals surface area contributed by atoms with E-state index in [0.717, 1.165) is 30.2 Å². The summed E-state index contributed by atoms with van der Waals surface area (Å²) in [7, 11) is 1.67. The molecule has 0 aliphatic heterocycles. The molecule has 0 atom stereocenters. The molecular formula is C17H28N4O2. The number of anilines is 1. The van der Waals surface area contributed by atoms with Crippen LogP contribution in [0.15, 0.2) is 29.3 Å². The van der Waals surface area contributed by atoms with Crippen molar-refractivity contribution in [2.75, 3.05) is 32.1 Å². The van der Waals surface area contributed by atoms with E-state index >= 15 is 0 Å². The van der Waals surface area contributed by atoms with Crippen LogP contribution in [0.3, 0.4) is 0 Å². The molecule has 1 aromatic rings. The van der Waals surface area contributed by atoms with E-state index < -0.39 is 0 Å². The monoisotopic (exact) mass is 320 g/mol. The van der Waals surface area contributed by atoms with Crippen LogP contribution in [0.2, 0.25) is 0 Å². The number of hydrogen-bond acceptors (Lipinski definition) is 3. The normalized spacial score (nSPS) is 11.2. The minimum atomic E-state index is 0.0510. The van der Waals surface area contributed by atoms with Gasteiger partial charge in [0.15, 0.2) is 5.96 Å². The van der Waals surface area contributed by atoms with Crippen molar-refractivity contribution in [3.63, 3.8) is 0 Å². The van der Waals surface area contributed by atoms with Crippen LogP contribution in [0.4, 0.5) is 5.69 Å². The summed E-state index contributed by atoms with van der Waals surface area (Å²) in [6, 6.07) is 7.76. The fraction of sp³-hybridized carbons (Fsp3) is 0.529. The number of amides is 1. The number of benzene rings is 1. The molecule has 0 saturated heterocycles. The molecule has 1 aromatic carbocycles. The highest BCUT2D eigenvalue weighted by Gasteiger charge is 2.01. The van der Waals surface area contributed by atoms with E-state index in [-0.39, 0.29) is 5.91 Å². The lowest BCUT2D eigenvalue weighted by atomic mass is 10.2. The Morgan fingerprint density at radius 3 is 2.52 bits per heavy atom. The minimum absolute atomic E-state index is 0.0510. The van der Waals surface area contributed by atoms with Gasteiger partial charge in [-0.15, -0.1) is 0 Å². The second-order valence-corrected chi connectivity index (χ2v) is 5.11. The first-order chi connectivity index (χ1) is 11.2. The van der Waals surface area contributed by atoms with Gasteiger partial charge >= 0.3 is 0 Å². The Kier molecular flexibility index (Phi) is 9.47. The molecule has 0 unspecified atom stereocenters. The number of carbonyl (C=O) groups excluding carboxylic acids is 1. The van der Waals surface area contributed by atoms with Crippen LogP contribution in [0, 0.1) is 0 Å². The Bertz CT molecular complexity index is 486. The van der Waals surface area contributed by atoms with Crippen molar-refractivity contribution in [1.29, 1.82) is 0 Å². The molecule has 1 amide bonds. The van der Waals surface area contributed by atoms with Gasteiger partial charge in [-0.2, -0.15) is 0 Å². The van der Waals surface area contributed by atoms with Crippen LogP contribution in [-0.2, 0) is 16.1 Å². The van der Waals surface area contributed by atoms with Gasteiger partial charge in [0.05, 0.1) is 13.2 Å². The van der Waals surface area contributed by atoms with Crippen LogP contribution in [0.5, 0.6) is 0 Å². The summed E-state index contributed by atoms with van der Waals surface area (Å²) >= 11 is 0. The molecule has 0 aliphatic rings. The van der Waals surface area contributed by atoms with Crippen LogP contribution in [0.25, 0.3) is 0 Å². The number of guanidine groups is 1. The summed E-state index contributed by atoms with van der Waals surface area (Å²) in [6.07, 6.45) is 1.40. The zero-order valence-electron chi connectivity index (χ0n) is 14.3. The topological polar surface area (TPSA) is 74.8 Å². The Labute approximate surface area is 138 Å². The van der Waals surface area contributed by atoms with Crippen molar-refractivity contribution < 1.29 is 9.53 Å². The highest BCUT2D eigenvalue weighted by atomic mass is 16.5. The SMILES string of the molecule is CCCC(=O)Nc1ccc(CN=C(NCC)NCCOC)cc1. The van der Waals surface area contributed by atoms with Gasteiger partial charge in [0.25, 0.3) is 0 Å². The quantitative estimate of drug-likeness (QED) is 0.370. The second kappa shape index (κ2) is 11.5. The Morgan fingerprint density at radius 2 is 1.91 bits per heavy atom. The third-order valence-electron chi connectivity index (χ3n) is 3.08. The zero-order chi connectivity index (χ0) is 16.9. The average molecular weight is 320 g/mol. The first-order valence-electron chi connectivity index (χ1n) is 8.09. The van der Waals surface area contributed by atoms with E-state index in [9.17, 15) is 4.79 Å². The summed E-state index contributed by atoms with van der Waals surface area (Å²) in [5.41, 5.74) is 1.91. The van der Waals surface area contributed by atoms with Crippen molar-refractivity contribution in [1.82, 2.24) is 10.6 Å².